The molecule has 0 unspecified atom stereocenters. The maximum Gasteiger partial charge on any atom is 0.194 e. The van der Waals surface area contributed by atoms with Gasteiger partial charge >= 0.3 is 0 Å². The summed E-state index contributed by atoms with van der Waals surface area (Å²) in [6, 6.07) is 16.6. The predicted octanol–water partition coefficient (Wildman–Crippen LogP) is 2.16. The summed E-state index contributed by atoms with van der Waals surface area (Å²) in [5.74, 6) is 1.76. The summed E-state index contributed by atoms with van der Waals surface area (Å²) in [6.45, 7) is 5.73. The fraction of sp³-hybridized carbons (Fsp3) is 0.318. The molecule has 7 nitrogen and oxygen atoms in total. The highest BCUT2D eigenvalue weighted by Gasteiger charge is 2.19. The number of guanidine groups is 1. The van der Waals surface area contributed by atoms with E-state index in [0.29, 0.717) is 6.54 Å². The second-order valence-corrected chi connectivity index (χ2v) is 7.12. The molecule has 7 heteroatoms. The molecule has 1 aromatic carbocycles. The molecular formula is C22H27N7. The van der Waals surface area contributed by atoms with Crippen molar-refractivity contribution >= 4 is 5.96 Å². The van der Waals surface area contributed by atoms with Gasteiger partial charge < -0.3 is 10.2 Å². The molecule has 2 aromatic heterocycles. The number of rotatable bonds is 5. The molecule has 0 atom stereocenters. The highest BCUT2D eigenvalue weighted by Crippen LogP contribution is 2.10. The summed E-state index contributed by atoms with van der Waals surface area (Å²) in [6.07, 6.45) is 5.47. The topological polar surface area (TPSA) is 61.6 Å². The standard InChI is InChI=1S/C22H27N7/c1-23-22(25-17-20-8-10-24-21(16-20)29-11-5-9-26-29)28-14-12-27(13-15-28)18-19-6-3-2-4-7-19/h2-11,16H,12-15,17-18H2,1H3,(H,23,25). The van der Waals surface area contributed by atoms with E-state index in [4.69, 9.17) is 0 Å². The molecule has 4 rings (SSSR count). The maximum atomic E-state index is 4.49. The number of hydrogen-bond donors (Lipinski definition) is 1. The molecule has 0 spiro atoms. The third kappa shape index (κ3) is 5.00. The van der Waals surface area contributed by atoms with Crippen molar-refractivity contribution in [1.82, 2.24) is 29.9 Å². The lowest BCUT2D eigenvalue weighted by Gasteiger charge is -2.36. The molecule has 0 aliphatic carbocycles. The molecule has 0 radical (unpaired) electrons. The second kappa shape index (κ2) is 9.34. The van der Waals surface area contributed by atoms with Crippen LogP contribution in [-0.4, -0.2) is 63.8 Å². The van der Waals surface area contributed by atoms with E-state index in [9.17, 15) is 0 Å². The summed E-state index contributed by atoms with van der Waals surface area (Å²) in [7, 11) is 1.85. The van der Waals surface area contributed by atoms with Crippen molar-refractivity contribution in [2.75, 3.05) is 33.2 Å². The predicted molar refractivity (Wildman–Crippen MR) is 115 cm³/mol. The summed E-state index contributed by atoms with van der Waals surface area (Å²) < 4.78 is 1.77. The first-order valence-corrected chi connectivity index (χ1v) is 9.98. The lowest BCUT2D eigenvalue weighted by atomic mass is 10.2. The Balaban J connectivity index is 1.30. The second-order valence-electron chi connectivity index (χ2n) is 7.12. The van der Waals surface area contributed by atoms with Gasteiger partial charge in [0, 0.05) is 64.9 Å². The fourth-order valence-electron chi connectivity index (χ4n) is 3.57. The van der Waals surface area contributed by atoms with Gasteiger partial charge in [-0.1, -0.05) is 30.3 Å². The summed E-state index contributed by atoms with van der Waals surface area (Å²) in [5.41, 5.74) is 2.52. The van der Waals surface area contributed by atoms with E-state index in [1.165, 1.54) is 5.56 Å². The zero-order valence-electron chi connectivity index (χ0n) is 16.8. The van der Waals surface area contributed by atoms with Crippen molar-refractivity contribution in [3.05, 3.63) is 78.2 Å². The lowest BCUT2D eigenvalue weighted by molar-refractivity contribution is 0.172. The van der Waals surface area contributed by atoms with E-state index < -0.39 is 0 Å². The van der Waals surface area contributed by atoms with Crippen LogP contribution >= 0.6 is 0 Å². The first-order valence-electron chi connectivity index (χ1n) is 9.98. The van der Waals surface area contributed by atoms with Gasteiger partial charge in [0.15, 0.2) is 11.8 Å². The van der Waals surface area contributed by atoms with Gasteiger partial charge in [-0.2, -0.15) is 5.10 Å². The van der Waals surface area contributed by atoms with Crippen LogP contribution in [0, 0.1) is 0 Å². The van der Waals surface area contributed by atoms with Crippen molar-refractivity contribution in [1.29, 1.82) is 0 Å². The number of piperazine rings is 1. The van der Waals surface area contributed by atoms with Crippen LogP contribution in [0.25, 0.3) is 5.82 Å². The van der Waals surface area contributed by atoms with Crippen LogP contribution in [0.2, 0.25) is 0 Å². The smallest absolute Gasteiger partial charge is 0.194 e. The zero-order chi connectivity index (χ0) is 19.9. The average Bonchev–Trinajstić information content (AvgIpc) is 3.31. The number of hydrogen-bond acceptors (Lipinski definition) is 4. The maximum absolute atomic E-state index is 4.49. The van der Waals surface area contributed by atoms with Gasteiger partial charge in [-0.05, 0) is 29.3 Å². The summed E-state index contributed by atoms with van der Waals surface area (Å²) >= 11 is 0. The minimum absolute atomic E-state index is 0.702. The molecule has 1 aliphatic rings. The van der Waals surface area contributed by atoms with Crippen molar-refractivity contribution in [2.24, 2.45) is 4.99 Å². The van der Waals surface area contributed by atoms with Gasteiger partial charge in [0.2, 0.25) is 0 Å². The number of aromatic nitrogens is 3. The van der Waals surface area contributed by atoms with Crippen LogP contribution in [0.3, 0.4) is 0 Å². The molecule has 0 amide bonds. The van der Waals surface area contributed by atoms with E-state index >= 15 is 0 Å². The number of nitrogens with zero attached hydrogens (tertiary/aromatic N) is 6. The molecule has 0 saturated carbocycles. The summed E-state index contributed by atoms with van der Waals surface area (Å²) in [5, 5.41) is 7.74. The summed E-state index contributed by atoms with van der Waals surface area (Å²) in [4.78, 5) is 13.7. The quantitative estimate of drug-likeness (QED) is 0.535. The van der Waals surface area contributed by atoms with Gasteiger partial charge in [0.25, 0.3) is 0 Å². The molecular weight excluding hydrogens is 362 g/mol. The van der Waals surface area contributed by atoms with Crippen LogP contribution in [0.4, 0.5) is 0 Å². The molecule has 1 saturated heterocycles. The Morgan fingerprint density at radius 2 is 1.83 bits per heavy atom. The first-order chi connectivity index (χ1) is 14.3. The molecule has 29 heavy (non-hydrogen) atoms. The number of benzene rings is 1. The van der Waals surface area contributed by atoms with E-state index in [1.807, 2.05) is 37.6 Å². The Morgan fingerprint density at radius 3 is 2.55 bits per heavy atom. The molecule has 1 fully saturated rings. The van der Waals surface area contributed by atoms with Crippen molar-refractivity contribution in [3.8, 4) is 5.82 Å². The Hall–Kier alpha value is -3.19. The minimum atomic E-state index is 0.702. The van der Waals surface area contributed by atoms with E-state index in [-0.39, 0.29) is 0 Å². The highest BCUT2D eigenvalue weighted by molar-refractivity contribution is 5.80. The average molecular weight is 390 g/mol. The van der Waals surface area contributed by atoms with Crippen LogP contribution in [0.15, 0.2) is 72.1 Å². The Labute approximate surface area is 171 Å². The first kappa shape index (κ1) is 19.1. The third-order valence-corrected chi connectivity index (χ3v) is 5.13. The van der Waals surface area contributed by atoms with Gasteiger partial charge in [0.05, 0.1) is 0 Å². The van der Waals surface area contributed by atoms with E-state index in [1.54, 1.807) is 10.9 Å². The number of nitrogens with one attached hydrogen (secondary N) is 1. The lowest BCUT2D eigenvalue weighted by Crippen LogP contribution is -2.52. The molecule has 3 aromatic rings. The largest absolute Gasteiger partial charge is 0.352 e. The Kier molecular flexibility index (Phi) is 6.16. The van der Waals surface area contributed by atoms with Gasteiger partial charge in [-0.3, -0.25) is 9.89 Å². The third-order valence-electron chi connectivity index (χ3n) is 5.13. The normalized spacial score (nSPS) is 15.5. The van der Waals surface area contributed by atoms with Crippen molar-refractivity contribution in [3.63, 3.8) is 0 Å². The van der Waals surface area contributed by atoms with Crippen LogP contribution in [-0.2, 0) is 13.1 Å². The zero-order valence-corrected chi connectivity index (χ0v) is 16.8. The number of aliphatic imine (C=N–C) groups is 1. The highest BCUT2D eigenvalue weighted by atomic mass is 15.3. The van der Waals surface area contributed by atoms with E-state index in [2.05, 4.69) is 60.5 Å². The van der Waals surface area contributed by atoms with E-state index in [0.717, 1.165) is 50.1 Å². The fourth-order valence-corrected chi connectivity index (χ4v) is 3.57. The van der Waals surface area contributed by atoms with Crippen LogP contribution < -0.4 is 5.32 Å². The molecule has 3 heterocycles. The monoisotopic (exact) mass is 389 g/mol. The molecule has 1 aliphatic heterocycles. The van der Waals surface area contributed by atoms with Crippen LogP contribution in [0.1, 0.15) is 11.1 Å². The Bertz CT molecular complexity index is 913. The molecule has 150 valence electrons. The van der Waals surface area contributed by atoms with Crippen molar-refractivity contribution in [2.45, 2.75) is 13.1 Å². The SMILES string of the molecule is CN=C(NCc1ccnc(-n2cccn2)c1)N1CCN(Cc2ccccc2)CC1. The Morgan fingerprint density at radius 1 is 1.00 bits per heavy atom. The minimum Gasteiger partial charge on any atom is -0.352 e. The van der Waals surface area contributed by atoms with Crippen LogP contribution in [0.5, 0.6) is 0 Å². The van der Waals surface area contributed by atoms with Gasteiger partial charge in [-0.15, -0.1) is 0 Å². The molecule has 1 N–H and O–H groups in total. The van der Waals surface area contributed by atoms with Gasteiger partial charge in [0.1, 0.15) is 0 Å². The van der Waals surface area contributed by atoms with Gasteiger partial charge in [-0.25, -0.2) is 9.67 Å². The van der Waals surface area contributed by atoms with Crippen molar-refractivity contribution < 1.29 is 0 Å². The number of pyridine rings is 1. The molecule has 0 bridgehead atoms.